The van der Waals surface area contributed by atoms with Crippen molar-refractivity contribution in [1.82, 2.24) is 30.2 Å². The minimum Gasteiger partial charge on any atom is -0.464 e. The van der Waals surface area contributed by atoms with Crippen molar-refractivity contribution < 1.29 is 14.3 Å². The highest BCUT2D eigenvalue weighted by molar-refractivity contribution is 5.98. The summed E-state index contributed by atoms with van der Waals surface area (Å²) in [5, 5.41) is 17.1. The lowest BCUT2D eigenvalue weighted by molar-refractivity contribution is -0.114. The number of nitrogens with zero attached hydrogens (tertiary/aromatic N) is 5. The monoisotopic (exact) mass is 473 g/mol. The maximum Gasteiger partial charge on any atom is 0.360 e. The van der Waals surface area contributed by atoms with Crippen LogP contribution < -0.4 is 5.32 Å². The predicted octanol–water partition coefficient (Wildman–Crippen LogP) is 3.87. The van der Waals surface area contributed by atoms with E-state index >= 15 is 0 Å². The van der Waals surface area contributed by atoms with Crippen LogP contribution in [0.2, 0.25) is 0 Å². The van der Waals surface area contributed by atoms with Gasteiger partial charge < -0.3 is 14.6 Å². The van der Waals surface area contributed by atoms with Gasteiger partial charge in [-0.15, -0.1) is 10.2 Å². The van der Waals surface area contributed by atoms with E-state index in [9.17, 15) is 9.59 Å². The highest BCUT2D eigenvalue weighted by atomic mass is 16.5. The normalized spacial score (nSPS) is 10.8. The van der Waals surface area contributed by atoms with Crippen LogP contribution in [-0.2, 0) is 22.5 Å². The molecule has 0 spiro atoms. The molecule has 2 aromatic heterocycles. The van der Waals surface area contributed by atoms with Crippen LogP contribution in [0.3, 0.4) is 0 Å². The lowest BCUT2D eigenvalue weighted by Gasteiger charge is -2.14. The molecule has 4 rings (SSSR count). The number of methoxy groups -OCH3 is 1. The number of carbonyl (C=O) groups is 2. The van der Waals surface area contributed by atoms with Crippen molar-refractivity contribution in [3.63, 3.8) is 0 Å². The second-order valence-corrected chi connectivity index (χ2v) is 8.07. The van der Waals surface area contributed by atoms with E-state index in [-0.39, 0.29) is 11.6 Å². The molecule has 0 aliphatic carbocycles. The van der Waals surface area contributed by atoms with Gasteiger partial charge in [-0.1, -0.05) is 61.9 Å². The number of benzene rings is 2. The first-order valence-electron chi connectivity index (χ1n) is 11.4. The first kappa shape index (κ1) is 23.8. The minimum absolute atomic E-state index is 0.111. The molecule has 0 aliphatic rings. The highest BCUT2D eigenvalue weighted by Crippen LogP contribution is 2.30. The SMILES string of the molecule is CCCCc1nc(C(=O)OC)c(NC(C)=O)n1Cc1ccc(-c2ccccc2-c2nn[nH]n2)cc1. The molecule has 0 bridgehead atoms. The number of unbranched alkanes of at least 4 members (excludes halogenated alkanes) is 1. The number of tetrazole rings is 1. The number of rotatable bonds is 9. The molecular weight excluding hydrogens is 446 g/mol. The molecule has 0 saturated heterocycles. The number of esters is 1. The van der Waals surface area contributed by atoms with E-state index in [1.807, 2.05) is 53.1 Å². The number of nitrogens with one attached hydrogen (secondary N) is 2. The Morgan fingerprint density at radius 3 is 2.46 bits per heavy atom. The van der Waals surface area contributed by atoms with Crippen molar-refractivity contribution in [1.29, 1.82) is 0 Å². The summed E-state index contributed by atoms with van der Waals surface area (Å²) in [4.78, 5) is 28.8. The molecule has 2 N–H and O–H groups in total. The molecule has 10 nitrogen and oxygen atoms in total. The van der Waals surface area contributed by atoms with E-state index < -0.39 is 5.97 Å². The molecule has 2 heterocycles. The third kappa shape index (κ3) is 5.26. The van der Waals surface area contributed by atoms with Crippen LogP contribution in [0.1, 0.15) is 48.6 Å². The molecule has 0 atom stereocenters. The van der Waals surface area contributed by atoms with E-state index in [2.05, 4.69) is 37.8 Å². The van der Waals surface area contributed by atoms with Gasteiger partial charge in [0.25, 0.3) is 0 Å². The van der Waals surface area contributed by atoms with Gasteiger partial charge in [0.05, 0.1) is 13.7 Å². The van der Waals surface area contributed by atoms with Crippen LogP contribution in [-0.4, -0.2) is 49.2 Å². The molecule has 35 heavy (non-hydrogen) atoms. The number of anilines is 1. The quantitative estimate of drug-likeness (QED) is 0.353. The molecule has 0 fully saturated rings. The molecule has 4 aromatic rings. The Hall–Kier alpha value is -4.34. The van der Waals surface area contributed by atoms with Crippen LogP contribution in [0.5, 0.6) is 0 Å². The van der Waals surface area contributed by atoms with Gasteiger partial charge >= 0.3 is 5.97 Å². The fraction of sp³-hybridized carbons (Fsp3) is 0.280. The number of aromatic nitrogens is 6. The first-order chi connectivity index (χ1) is 17.0. The maximum absolute atomic E-state index is 12.4. The second kappa shape index (κ2) is 10.7. The first-order valence-corrected chi connectivity index (χ1v) is 11.4. The fourth-order valence-corrected chi connectivity index (χ4v) is 3.91. The summed E-state index contributed by atoms with van der Waals surface area (Å²) in [6.07, 6.45) is 2.56. The minimum atomic E-state index is -0.585. The summed E-state index contributed by atoms with van der Waals surface area (Å²) in [5.41, 5.74) is 3.96. The van der Waals surface area contributed by atoms with Gasteiger partial charge in [0.15, 0.2) is 5.69 Å². The Balaban J connectivity index is 1.69. The maximum atomic E-state index is 12.4. The number of ether oxygens (including phenoxy) is 1. The third-order valence-electron chi connectivity index (χ3n) is 5.59. The van der Waals surface area contributed by atoms with Crippen molar-refractivity contribution in [3.8, 4) is 22.5 Å². The molecule has 10 heteroatoms. The van der Waals surface area contributed by atoms with Gasteiger partial charge in [-0.25, -0.2) is 9.78 Å². The molecule has 180 valence electrons. The highest BCUT2D eigenvalue weighted by Gasteiger charge is 2.24. The zero-order chi connectivity index (χ0) is 24.8. The van der Waals surface area contributed by atoms with E-state index in [4.69, 9.17) is 4.74 Å². The van der Waals surface area contributed by atoms with E-state index in [1.165, 1.54) is 14.0 Å². The lowest BCUT2D eigenvalue weighted by Crippen LogP contribution is -2.16. The topological polar surface area (TPSA) is 128 Å². The molecule has 1 amide bonds. The average Bonchev–Trinajstić information content (AvgIpc) is 3.52. The Morgan fingerprint density at radius 1 is 1.09 bits per heavy atom. The van der Waals surface area contributed by atoms with Crippen LogP contribution in [0, 0.1) is 0 Å². The van der Waals surface area contributed by atoms with Crippen LogP contribution in [0.25, 0.3) is 22.5 Å². The van der Waals surface area contributed by atoms with Crippen LogP contribution >= 0.6 is 0 Å². The number of hydrogen-bond acceptors (Lipinski definition) is 7. The third-order valence-corrected chi connectivity index (χ3v) is 5.59. The molecule has 2 aromatic carbocycles. The predicted molar refractivity (Wildman–Crippen MR) is 131 cm³/mol. The van der Waals surface area contributed by atoms with E-state index in [0.29, 0.717) is 24.6 Å². The van der Waals surface area contributed by atoms with Crippen molar-refractivity contribution in [2.75, 3.05) is 12.4 Å². The number of amides is 1. The molecule has 0 aliphatic heterocycles. The Labute approximate surface area is 202 Å². The molecular formula is C25H27N7O3. The fourth-order valence-electron chi connectivity index (χ4n) is 3.91. The van der Waals surface area contributed by atoms with Crippen LogP contribution in [0.4, 0.5) is 5.82 Å². The summed E-state index contributed by atoms with van der Waals surface area (Å²) in [7, 11) is 1.30. The largest absolute Gasteiger partial charge is 0.464 e. The zero-order valence-electron chi connectivity index (χ0n) is 19.9. The van der Waals surface area contributed by atoms with Gasteiger partial charge in [-0.3, -0.25) is 4.79 Å². The standard InChI is InChI=1S/C25H27N7O3/c1-4-5-10-21-27-22(25(34)35-3)24(26-16(2)33)32(21)15-17-11-13-18(14-12-17)19-8-6-7-9-20(19)23-28-30-31-29-23/h6-9,11-14H,4-5,10,15H2,1-3H3,(H,26,33)(H,28,29,30,31). The summed E-state index contributed by atoms with van der Waals surface area (Å²) < 4.78 is 6.79. The van der Waals surface area contributed by atoms with Crippen molar-refractivity contribution in [2.45, 2.75) is 39.7 Å². The van der Waals surface area contributed by atoms with Gasteiger partial charge in [-0.05, 0) is 28.3 Å². The summed E-state index contributed by atoms with van der Waals surface area (Å²) >= 11 is 0. The number of aromatic amines is 1. The van der Waals surface area contributed by atoms with Crippen molar-refractivity contribution in [3.05, 3.63) is 65.6 Å². The number of hydrogen-bond donors (Lipinski definition) is 2. The lowest BCUT2D eigenvalue weighted by atomic mass is 9.98. The van der Waals surface area contributed by atoms with Gasteiger partial charge in [0.2, 0.25) is 11.7 Å². The Bertz CT molecular complexity index is 1310. The zero-order valence-corrected chi connectivity index (χ0v) is 19.9. The average molecular weight is 474 g/mol. The van der Waals surface area contributed by atoms with Gasteiger partial charge in [0.1, 0.15) is 11.6 Å². The number of aryl methyl sites for hydroxylation is 1. The molecule has 0 unspecified atom stereocenters. The van der Waals surface area contributed by atoms with Crippen molar-refractivity contribution >= 4 is 17.7 Å². The number of H-pyrrole nitrogens is 1. The van der Waals surface area contributed by atoms with Crippen LogP contribution in [0.15, 0.2) is 48.5 Å². The van der Waals surface area contributed by atoms with Gasteiger partial charge in [0, 0.05) is 18.9 Å². The van der Waals surface area contributed by atoms with E-state index in [1.54, 1.807) is 0 Å². The second-order valence-electron chi connectivity index (χ2n) is 8.07. The summed E-state index contributed by atoms with van der Waals surface area (Å²) in [5.74, 6) is 0.730. The smallest absolute Gasteiger partial charge is 0.360 e. The Kier molecular flexibility index (Phi) is 7.30. The van der Waals surface area contributed by atoms with Gasteiger partial charge in [-0.2, -0.15) is 5.21 Å². The molecule has 0 radical (unpaired) electrons. The summed E-state index contributed by atoms with van der Waals surface area (Å²) in [6, 6.07) is 15.9. The van der Waals surface area contributed by atoms with E-state index in [0.717, 1.165) is 40.9 Å². The van der Waals surface area contributed by atoms with Crippen molar-refractivity contribution in [2.24, 2.45) is 0 Å². The number of imidazole rings is 1. The number of carbonyl (C=O) groups excluding carboxylic acids is 2. The Morgan fingerprint density at radius 2 is 1.83 bits per heavy atom. The summed E-state index contributed by atoms with van der Waals surface area (Å²) in [6.45, 7) is 3.93. The molecule has 0 saturated carbocycles.